The lowest BCUT2D eigenvalue weighted by Gasteiger charge is -2.21. The first kappa shape index (κ1) is 21.9. The molecule has 0 saturated heterocycles. The molecule has 0 spiro atoms. The zero-order chi connectivity index (χ0) is 22.2. The number of aryl methyl sites for hydroxylation is 1. The average Bonchev–Trinajstić information content (AvgIpc) is 2.76. The average molecular weight is 424 g/mol. The van der Waals surface area contributed by atoms with Crippen molar-refractivity contribution in [2.75, 3.05) is 19.8 Å². The quantitative estimate of drug-likeness (QED) is 0.632. The van der Waals surface area contributed by atoms with Crippen LogP contribution < -0.4 is 15.4 Å². The van der Waals surface area contributed by atoms with Gasteiger partial charge in [-0.25, -0.2) is 14.4 Å². The fraction of sp³-hybridized carbons (Fsp3) is 0.261. The highest BCUT2D eigenvalue weighted by Gasteiger charge is 2.25. The van der Waals surface area contributed by atoms with E-state index >= 15 is 0 Å². The van der Waals surface area contributed by atoms with E-state index in [4.69, 9.17) is 14.2 Å². The van der Waals surface area contributed by atoms with Gasteiger partial charge in [0.25, 0.3) is 0 Å². The number of carbonyl (C=O) groups excluding carboxylic acids is 3. The Hall–Kier alpha value is -3.81. The van der Waals surface area contributed by atoms with Crippen molar-refractivity contribution in [1.29, 1.82) is 0 Å². The van der Waals surface area contributed by atoms with Gasteiger partial charge in [0.05, 0.1) is 24.4 Å². The van der Waals surface area contributed by atoms with Crippen LogP contribution in [0.4, 0.5) is 4.79 Å². The van der Waals surface area contributed by atoms with Gasteiger partial charge in [-0.3, -0.25) is 0 Å². The molecule has 2 amide bonds. The largest absolute Gasteiger partial charge is 0.488 e. The highest BCUT2D eigenvalue weighted by atomic mass is 16.5. The molecule has 1 heterocycles. The number of rotatable bonds is 8. The van der Waals surface area contributed by atoms with Gasteiger partial charge in [0.15, 0.2) is 0 Å². The van der Waals surface area contributed by atoms with E-state index < -0.39 is 18.0 Å². The molecule has 0 aromatic heterocycles. The molecule has 162 valence electrons. The summed E-state index contributed by atoms with van der Waals surface area (Å²) in [5.74, 6) is -0.839. The molecule has 2 aromatic rings. The van der Waals surface area contributed by atoms with Gasteiger partial charge >= 0.3 is 18.0 Å². The van der Waals surface area contributed by atoms with Crippen molar-refractivity contribution in [2.24, 2.45) is 0 Å². The van der Waals surface area contributed by atoms with Gasteiger partial charge in [-0.2, -0.15) is 0 Å². The molecule has 8 heteroatoms. The van der Waals surface area contributed by atoms with Crippen LogP contribution in [0.15, 0.2) is 59.8 Å². The molecule has 1 aliphatic rings. The number of hydrogen-bond acceptors (Lipinski definition) is 6. The SMILES string of the molecule is CCOC(=O)C1=C(COC(=O)c2ccccc2OCc2cccc(C)c2)NC(=O)NC1. The highest BCUT2D eigenvalue weighted by Crippen LogP contribution is 2.21. The lowest BCUT2D eigenvalue weighted by atomic mass is 10.1. The van der Waals surface area contributed by atoms with Crippen LogP contribution in [0.1, 0.15) is 28.4 Å². The van der Waals surface area contributed by atoms with Crippen LogP contribution in [0.5, 0.6) is 5.75 Å². The minimum Gasteiger partial charge on any atom is -0.488 e. The van der Waals surface area contributed by atoms with Crippen molar-refractivity contribution in [3.63, 3.8) is 0 Å². The number of hydrogen-bond donors (Lipinski definition) is 2. The number of nitrogens with one attached hydrogen (secondary N) is 2. The Morgan fingerprint density at radius 2 is 1.81 bits per heavy atom. The van der Waals surface area contributed by atoms with E-state index in [-0.39, 0.29) is 36.6 Å². The van der Waals surface area contributed by atoms with Gasteiger partial charge in [-0.1, -0.05) is 42.0 Å². The molecule has 31 heavy (non-hydrogen) atoms. The normalized spacial score (nSPS) is 13.2. The molecular formula is C23H24N2O6. The third kappa shape index (κ3) is 5.85. The molecule has 0 atom stereocenters. The third-order valence-electron chi connectivity index (χ3n) is 4.51. The van der Waals surface area contributed by atoms with Gasteiger partial charge < -0.3 is 24.8 Å². The Kier molecular flexibility index (Phi) is 7.26. The minimum absolute atomic E-state index is 0.00621. The van der Waals surface area contributed by atoms with Gasteiger partial charge in [-0.05, 0) is 31.5 Å². The lowest BCUT2D eigenvalue weighted by molar-refractivity contribution is -0.138. The van der Waals surface area contributed by atoms with E-state index in [0.29, 0.717) is 12.4 Å². The Balaban J connectivity index is 1.70. The molecule has 0 saturated carbocycles. The summed E-state index contributed by atoms with van der Waals surface area (Å²) in [7, 11) is 0. The smallest absolute Gasteiger partial charge is 0.342 e. The summed E-state index contributed by atoms with van der Waals surface area (Å²) >= 11 is 0. The second-order valence-corrected chi connectivity index (χ2v) is 6.84. The number of carbonyl (C=O) groups is 3. The van der Waals surface area contributed by atoms with Crippen LogP contribution >= 0.6 is 0 Å². The van der Waals surface area contributed by atoms with Crippen LogP contribution in [-0.4, -0.2) is 37.7 Å². The first-order valence-corrected chi connectivity index (χ1v) is 9.86. The third-order valence-corrected chi connectivity index (χ3v) is 4.51. The van der Waals surface area contributed by atoms with Crippen molar-refractivity contribution in [3.05, 3.63) is 76.5 Å². The number of para-hydroxylation sites is 1. The summed E-state index contributed by atoms with van der Waals surface area (Å²) in [6.07, 6.45) is 0. The second-order valence-electron chi connectivity index (χ2n) is 6.84. The van der Waals surface area contributed by atoms with Gasteiger partial charge in [0, 0.05) is 0 Å². The Bertz CT molecular complexity index is 1010. The molecule has 8 nitrogen and oxygen atoms in total. The molecule has 0 unspecified atom stereocenters. The topological polar surface area (TPSA) is 103 Å². The number of esters is 2. The summed E-state index contributed by atoms with van der Waals surface area (Å²) < 4.78 is 16.2. The lowest BCUT2D eigenvalue weighted by Crippen LogP contribution is -2.45. The summed E-state index contributed by atoms with van der Waals surface area (Å²) in [5, 5.41) is 5.00. The van der Waals surface area contributed by atoms with Gasteiger partial charge in [-0.15, -0.1) is 0 Å². The molecule has 0 aliphatic carbocycles. The monoisotopic (exact) mass is 424 g/mol. The fourth-order valence-electron chi connectivity index (χ4n) is 3.01. The van der Waals surface area contributed by atoms with Gasteiger partial charge in [0.2, 0.25) is 0 Å². The molecule has 0 radical (unpaired) electrons. The number of urea groups is 1. The molecule has 0 bridgehead atoms. The predicted molar refractivity (Wildman–Crippen MR) is 112 cm³/mol. The minimum atomic E-state index is -0.636. The number of ether oxygens (including phenoxy) is 3. The van der Waals surface area contributed by atoms with Crippen LogP contribution in [0, 0.1) is 6.92 Å². The van der Waals surface area contributed by atoms with Crippen LogP contribution in [0.2, 0.25) is 0 Å². The summed E-state index contributed by atoms with van der Waals surface area (Å²) in [6.45, 7) is 3.87. The second kappa shape index (κ2) is 10.3. The van der Waals surface area contributed by atoms with Gasteiger partial charge in [0.1, 0.15) is 24.5 Å². The zero-order valence-electron chi connectivity index (χ0n) is 17.4. The maximum Gasteiger partial charge on any atom is 0.342 e. The highest BCUT2D eigenvalue weighted by molar-refractivity contribution is 5.95. The maximum atomic E-state index is 12.7. The number of amides is 2. The number of benzene rings is 2. The van der Waals surface area contributed by atoms with Crippen LogP contribution in [-0.2, 0) is 20.9 Å². The fourth-order valence-corrected chi connectivity index (χ4v) is 3.01. The molecular weight excluding hydrogens is 400 g/mol. The maximum absolute atomic E-state index is 12.7. The molecule has 2 N–H and O–H groups in total. The first-order chi connectivity index (χ1) is 15.0. The molecule has 1 aliphatic heterocycles. The molecule has 0 fully saturated rings. The van der Waals surface area contributed by atoms with Crippen molar-refractivity contribution < 1.29 is 28.6 Å². The molecule has 2 aromatic carbocycles. The first-order valence-electron chi connectivity index (χ1n) is 9.86. The van der Waals surface area contributed by atoms with E-state index in [1.807, 2.05) is 31.2 Å². The van der Waals surface area contributed by atoms with Crippen molar-refractivity contribution in [1.82, 2.24) is 10.6 Å². The Morgan fingerprint density at radius 3 is 2.58 bits per heavy atom. The summed E-state index contributed by atoms with van der Waals surface area (Å²) in [5.41, 5.74) is 2.73. The van der Waals surface area contributed by atoms with E-state index in [0.717, 1.165) is 11.1 Å². The Labute approximate surface area is 180 Å². The van der Waals surface area contributed by atoms with Crippen molar-refractivity contribution in [2.45, 2.75) is 20.5 Å². The van der Waals surface area contributed by atoms with E-state index in [1.165, 1.54) is 0 Å². The Morgan fingerprint density at radius 1 is 1.00 bits per heavy atom. The summed E-state index contributed by atoms with van der Waals surface area (Å²) in [6, 6.07) is 14.1. The van der Waals surface area contributed by atoms with Crippen molar-refractivity contribution in [3.8, 4) is 5.75 Å². The van der Waals surface area contributed by atoms with E-state index in [1.54, 1.807) is 31.2 Å². The predicted octanol–water partition coefficient (Wildman–Crippen LogP) is 2.86. The van der Waals surface area contributed by atoms with E-state index in [9.17, 15) is 14.4 Å². The summed E-state index contributed by atoms with van der Waals surface area (Å²) in [4.78, 5) is 36.4. The zero-order valence-corrected chi connectivity index (χ0v) is 17.4. The van der Waals surface area contributed by atoms with Crippen molar-refractivity contribution >= 4 is 18.0 Å². The molecule has 3 rings (SSSR count). The van der Waals surface area contributed by atoms with Crippen LogP contribution in [0.25, 0.3) is 0 Å². The standard InChI is InChI=1S/C23H24N2O6/c1-3-29-22(27)18-12-24-23(28)25-19(18)14-31-21(26)17-9-4-5-10-20(17)30-13-16-8-6-7-15(2)11-16/h4-11H,3,12-14H2,1-2H3,(H2,24,25,28). The van der Waals surface area contributed by atoms with Crippen LogP contribution in [0.3, 0.4) is 0 Å². The van der Waals surface area contributed by atoms with E-state index in [2.05, 4.69) is 10.6 Å².